The van der Waals surface area contributed by atoms with Crippen LogP contribution in [0.25, 0.3) is 0 Å². The van der Waals surface area contributed by atoms with Crippen molar-refractivity contribution in [2.24, 2.45) is 0 Å². The lowest BCUT2D eigenvalue weighted by Crippen LogP contribution is -2.32. The van der Waals surface area contributed by atoms with Crippen LogP contribution in [0.4, 0.5) is 4.39 Å². The Morgan fingerprint density at radius 2 is 1.95 bits per heavy atom. The number of benzene rings is 2. The maximum atomic E-state index is 13.4. The molecular formula is C17H17BrFNO. The smallest absolute Gasteiger partial charge is 0.251 e. The summed E-state index contributed by atoms with van der Waals surface area (Å²) in [5.74, 6) is -0.679. The number of hydrogen-bond acceptors (Lipinski definition) is 1. The summed E-state index contributed by atoms with van der Waals surface area (Å²) >= 11 is 3.07. The minimum atomic E-state index is -0.431. The van der Waals surface area contributed by atoms with E-state index in [1.54, 1.807) is 12.1 Å². The van der Waals surface area contributed by atoms with Gasteiger partial charge in [-0.25, -0.2) is 4.39 Å². The fourth-order valence-electron chi connectivity index (χ4n) is 2.04. The quantitative estimate of drug-likeness (QED) is 0.854. The maximum Gasteiger partial charge on any atom is 0.251 e. The van der Waals surface area contributed by atoms with Gasteiger partial charge in [0.25, 0.3) is 5.91 Å². The van der Waals surface area contributed by atoms with Gasteiger partial charge in [0, 0.05) is 11.6 Å². The molecular weight excluding hydrogens is 333 g/mol. The lowest BCUT2D eigenvalue weighted by atomic mass is 10.1. The van der Waals surface area contributed by atoms with Crippen molar-refractivity contribution in [2.45, 2.75) is 25.8 Å². The molecule has 1 atom stereocenters. The van der Waals surface area contributed by atoms with E-state index in [1.807, 2.05) is 25.1 Å². The number of halogens is 2. The van der Waals surface area contributed by atoms with Crippen molar-refractivity contribution in [1.82, 2.24) is 5.32 Å². The van der Waals surface area contributed by atoms with E-state index in [0.717, 1.165) is 12.8 Å². The lowest BCUT2D eigenvalue weighted by molar-refractivity contribution is 0.0938. The third-order valence-electron chi connectivity index (χ3n) is 3.27. The first-order valence-electron chi connectivity index (χ1n) is 6.86. The second kappa shape index (κ2) is 7.36. The zero-order chi connectivity index (χ0) is 15.2. The average Bonchev–Trinajstić information content (AvgIpc) is 2.49. The average molecular weight is 350 g/mol. The van der Waals surface area contributed by atoms with Crippen LogP contribution in [0.15, 0.2) is 53.0 Å². The Labute approximate surface area is 132 Å². The Morgan fingerprint density at radius 1 is 1.24 bits per heavy atom. The number of amides is 1. The number of carbonyl (C=O) groups excluding carboxylic acids is 1. The number of carbonyl (C=O) groups is 1. The van der Waals surface area contributed by atoms with E-state index in [9.17, 15) is 9.18 Å². The van der Waals surface area contributed by atoms with E-state index in [2.05, 4.69) is 33.4 Å². The molecule has 2 nitrogen and oxygen atoms in total. The van der Waals surface area contributed by atoms with E-state index in [-0.39, 0.29) is 11.9 Å². The Morgan fingerprint density at radius 3 is 2.62 bits per heavy atom. The molecule has 2 aromatic rings. The van der Waals surface area contributed by atoms with Crippen LogP contribution in [0.3, 0.4) is 0 Å². The summed E-state index contributed by atoms with van der Waals surface area (Å²) in [6.45, 7) is 1.95. The molecule has 21 heavy (non-hydrogen) atoms. The van der Waals surface area contributed by atoms with Gasteiger partial charge in [-0.2, -0.15) is 0 Å². The van der Waals surface area contributed by atoms with Crippen LogP contribution in [0.1, 0.15) is 29.3 Å². The molecule has 2 rings (SSSR count). The zero-order valence-corrected chi connectivity index (χ0v) is 13.4. The highest BCUT2D eigenvalue weighted by molar-refractivity contribution is 9.10. The van der Waals surface area contributed by atoms with E-state index in [1.165, 1.54) is 11.6 Å². The van der Waals surface area contributed by atoms with Gasteiger partial charge in [0.15, 0.2) is 0 Å². The molecule has 2 aromatic carbocycles. The summed E-state index contributed by atoms with van der Waals surface area (Å²) in [4.78, 5) is 12.0. The molecule has 0 heterocycles. The van der Waals surface area contributed by atoms with Crippen molar-refractivity contribution in [2.75, 3.05) is 0 Å². The topological polar surface area (TPSA) is 29.1 Å². The SMILES string of the molecule is CC(CCc1ccccc1)NC(=O)c1ccc(Br)c(F)c1. The van der Waals surface area contributed by atoms with Crippen molar-refractivity contribution < 1.29 is 9.18 Å². The minimum absolute atomic E-state index is 0.0319. The second-order valence-corrected chi connectivity index (χ2v) is 5.88. The van der Waals surface area contributed by atoms with Crippen LogP contribution >= 0.6 is 15.9 Å². The molecule has 0 bridgehead atoms. The molecule has 0 aliphatic rings. The largest absolute Gasteiger partial charge is 0.350 e. The van der Waals surface area contributed by atoms with Gasteiger partial charge in [-0.3, -0.25) is 4.79 Å². The highest BCUT2D eigenvalue weighted by Crippen LogP contribution is 2.16. The summed E-state index contributed by atoms with van der Waals surface area (Å²) in [5.41, 5.74) is 1.58. The number of hydrogen-bond donors (Lipinski definition) is 1. The monoisotopic (exact) mass is 349 g/mol. The summed E-state index contributed by atoms with van der Waals surface area (Å²) < 4.78 is 13.8. The van der Waals surface area contributed by atoms with E-state index in [4.69, 9.17) is 0 Å². The fraction of sp³-hybridized carbons (Fsp3) is 0.235. The van der Waals surface area contributed by atoms with Gasteiger partial charge in [-0.05, 0) is 59.5 Å². The van der Waals surface area contributed by atoms with Gasteiger partial charge in [-0.15, -0.1) is 0 Å². The second-order valence-electron chi connectivity index (χ2n) is 5.03. The van der Waals surface area contributed by atoms with Gasteiger partial charge in [0.2, 0.25) is 0 Å². The van der Waals surface area contributed by atoms with E-state index in [0.29, 0.717) is 10.0 Å². The first-order chi connectivity index (χ1) is 10.1. The molecule has 0 spiro atoms. The van der Waals surface area contributed by atoms with E-state index >= 15 is 0 Å². The van der Waals surface area contributed by atoms with E-state index < -0.39 is 5.82 Å². The van der Waals surface area contributed by atoms with Crippen LogP contribution < -0.4 is 5.32 Å². The van der Waals surface area contributed by atoms with Crippen molar-refractivity contribution in [3.8, 4) is 0 Å². The minimum Gasteiger partial charge on any atom is -0.350 e. The molecule has 0 radical (unpaired) electrons. The lowest BCUT2D eigenvalue weighted by Gasteiger charge is -2.14. The van der Waals surface area contributed by atoms with Gasteiger partial charge in [0.05, 0.1) is 4.47 Å². The molecule has 0 saturated heterocycles. The van der Waals surface area contributed by atoms with Crippen molar-refractivity contribution in [3.05, 3.63) is 69.9 Å². The Balaban J connectivity index is 1.88. The molecule has 1 unspecified atom stereocenters. The van der Waals surface area contributed by atoms with Crippen LogP contribution in [-0.2, 0) is 6.42 Å². The molecule has 0 aliphatic carbocycles. The van der Waals surface area contributed by atoms with Gasteiger partial charge in [-0.1, -0.05) is 30.3 Å². The summed E-state index contributed by atoms with van der Waals surface area (Å²) in [7, 11) is 0. The summed E-state index contributed by atoms with van der Waals surface area (Å²) in [5, 5.41) is 2.89. The Kier molecular flexibility index (Phi) is 5.51. The normalized spacial score (nSPS) is 12.0. The first-order valence-corrected chi connectivity index (χ1v) is 7.65. The first kappa shape index (κ1) is 15.7. The molecule has 1 amide bonds. The van der Waals surface area contributed by atoms with Crippen LogP contribution in [0, 0.1) is 5.82 Å². The van der Waals surface area contributed by atoms with Crippen LogP contribution in [-0.4, -0.2) is 11.9 Å². The predicted octanol–water partition coefficient (Wildman–Crippen LogP) is 4.34. The highest BCUT2D eigenvalue weighted by Gasteiger charge is 2.11. The van der Waals surface area contributed by atoms with Crippen LogP contribution in [0.2, 0.25) is 0 Å². The molecule has 0 fully saturated rings. The Bertz CT molecular complexity index is 615. The molecule has 0 aliphatic heterocycles. The summed E-state index contributed by atoms with van der Waals surface area (Å²) in [6.07, 6.45) is 1.74. The number of rotatable bonds is 5. The van der Waals surface area contributed by atoms with Gasteiger partial charge >= 0.3 is 0 Å². The van der Waals surface area contributed by atoms with Crippen molar-refractivity contribution >= 4 is 21.8 Å². The van der Waals surface area contributed by atoms with Crippen molar-refractivity contribution in [1.29, 1.82) is 0 Å². The number of nitrogens with one attached hydrogen (secondary N) is 1. The Hall–Kier alpha value is -1.68. The molecule has 1 N–H and O–H groups in total. The predicted molar refractivity (Wildman–Crippen MR) is 85.8 cm³/mol. The molecule has 0 aromatic heterocycles. The molecule has 110 valence electrons. The standard InChI is InChI=1S/C17H17BrFNO/c1-12(7-8-13-5-3-2-4-6-13)20-17(21)14-9-10-15(18)16(19)11-14/h2-6,9-12H,7-8H2,1H3,(H,20,21). The molecule has 0 saturated carbocycles. The fourth-order valence-corrected chi connectivity index (χ4v) is 2.29. The van der Waals surface area contributed by atoms with Crippen molar-refractivity contribution in [3.63, 3.8) is 0 Å². The third-order valence-corrected chi connectivity index (χ3v) is 3.91. The van der Waals surface area contributed by atoms with Gasteiger partial charge < -0.3 is 5.32 Å². The van der Waals surface area contributed by atoms with Gasteiger partial charge in [0.1, 0.15) is 5.82 Å². The van der Waals surface area contributed by atoms with Crippen LogP contribution in [0.5, 0.6) is 0 Å². The molecule has 4 heteroatoms. The maximum absolute atomic E-state index is 13.4. The highest BCUT2D eigenvalue weighted by atomic mass is 79.9. The summed E-state index contributed by atoms with van der Waals surface area (Å²) in [6, 6.07) is 14.5. The third kappa shape index (κ3) is 4.67. The number of aryl methyl sites for hydroxylation is 1. The zero-order valence-electron chi connectivity index (χ0n) is 11.8.